The molecule has 6 heteroatoms. The number of hydrogen-bond acceptors (Lipinski definition) is 4. The van der Waals surface area contributed by atoms with Gasteiger partial charge in [-0.05, 0) is 19.1 Å². The molecule has 1 heterocycles. The highest BCUT2D eigenvalue weighted by Crippen LogP contribution is 2.16. The SMILES string of the molecule is Cc1cc(C(=O)Nc2ccccc2C(N)=S)no1. The van der Waals surface area contributed by atoms with Gasteiger partial charge in [-0.3, -0.25) is 4.79 Å². The van der Waals surface area contributed by atoms with E-state index in [2.05, 4.69) is 10.5 Å². The molecular formula is C12H11N3O2S. The number of rotatable bonds is 3. The number of nitrogens with two attached hydrogens (primary N) is 1. The molecule has 0 unspecified atom stereocenters. The van der Waals surface area contributed by atoms with E-state index in [1.165, 1.54) is 0 Å². The van der Waals surface area contributed by atoms with Crippen LogP contribution in [0, 0.1) is 6.92 Å². The van der Waals surface area contributed by atoms with Crippen molar-refractivity contribution in [1.29, 1.82) is 0 Å². The molecule has 1 aromatic carbocycles. The summed E-state index contributed by atoms with van der Waals surface area (Å²) in [5.41, 5.74) is 6.96. The Balaban J connectivity index is 2.24. The Labute approximate surface area is 109 Å². The first-order valence-corrected chi connectivity index (χ1v) is 5.62. The zero-order valence-corrected chi connectivity index (χ0v) is 10.5. The van der Waals surface area contributed by atoms with Gasteiger partial charge in [-0.25, -0.2) is 0 Å². The first-order chi connectivity index (χ1) is 8.58. The van der Waals surface area contributed by atoms with Crippen LogP contribution in [0.3, 0.4) is 0 Å². The fraction of sp³-hybridized carbons (Fsp3) is 0.0833. The van der Waals surface area contributed by atoms with Gasteiger partial charge in [-0.15, -0.1) is 0 Å². The summed E-state index contributed by atoms with van der Waals surface area (Å²) in [4.78, 5) is 12.1. The predicted molar refractivity (Wildman–Crippen MR) is 71.5 cm³/mol. The van der Waals surface area contributed by atoms with Gasteiger partial charge in [-0.1, -0.05) is 29.5 Å². The third-order valence-electron chi connectivity index (χ3n) is 2.30. The van der Waals surface area contributed by atoms with E-state index in [1.54, 1.807) is 37.3 Å². The number of aromatic nitrogens is 1. The number of carbonyl (C=O) groups is 1. The predicted octanol–water partition coefficient (Wildman–Crippen LogP) is 1.87. The normalized spacial score (nSPS) is 10.1. The molecule has 0 fully saturated rings. The van der Waals surface area contributed by atoms with Crippen molar-refractivity contribution in [2.24, 2.45) is 5.73 Å². The number of nitrogens with zero attached hydrogens (tertiary/aromatic N) is 1. The van der Waals surface area contributed by atoms with E-state index in [4.69, 9.17) is 22.5 Å². The Kier molecular flexibility index (Phi) is 3.38. The largest absolute Gasteiger partial charge is 0.389 e. The third kappa shape index (κ3) is 2.54. The molecule has 3 N–H and O–H groups in total. The molecule has 1 amide bonds. The lowest BCUT2D eigenvalue weighted by Crippen LogP contribution is -2.17. The Morgan fingerprint density at radius 2 is 2.17 bits per heavy atom. The first kappa shape index (κ1) is 12.3. The van der Waals surface area contributed by atoms with Gasteiger partial charge in [0.2, 0.25) is 0 Å². The summed E-state index contributed by atoms with van der Waals surface area (Å²) in [5, 5.41) is 6.33. The van der Waals surface area contributed by atoms with E-state index in [0.29, 0.717) is 17.0 Å². The van der Waals surface area contributed by atoms with Gasteiger partial charge in [0.05, 0.1) is 5.69 Å². The van der Waals surface area contributed by atoms with Gasteiger partial charge in [0.25, 0.3) is 5.91 Å². The van der Waals surface area contributed by atoms with E-state index in [0.717, 1.165) is 0 Å². The number of carbonyl (C=O) groups excluding carboxylic acids is 1. The quantitative estimate of drug-likeness (QED) is 0.824. The van der Waals surface area contributed by atoms with Crippen LogP contribution in [-0.2, 0) is 0 Å². The minimum Gasteiger partial charge on any atom is -0.389 e. The second-order valence-electron chi connectivity index (χ2n) is 3.69. The average Bonchev–Trinajstić information content (AvgIpc) is 2.76. The summed E-state index contributed by atoms with van der Waals surface area (Å²) in [6.45, 7) is 1.72. The molecule has 0 aliphatic heterocycles. The maximum absolute atomic E-state index is 11.9. The fourth-order valence-corrected chi connectivity index (χ4v) is 1.64. The van der Waals surface area contributed by atoms with Crippen molar-refractivity contribution >= 4 is 28.8 Å². The van der Waals surface area contributed by atoms with Crippen LogP contribution < -0.4 is 11.1 Å². The zero-order valence-electron chi connectivity index (χ0n) is 9.64. The van der Waals surface area contributed by atoms with Crippen molar-refractivity contribution < 1.29 is 9.32 Å². The summed E-state index contributed by atoms with van der Waals surface area (Å²) in [6.07, 6.45) is 0. The van der Waals surface area contributed by atoms with Crippen molar-refractivity contribution in [3.63, 3.8) is 0 Å². The van der Waals surface area contributed by atoms with Crippen LogP contribution in [0.1, 0.15) is 21.8 Å². The van der Waals surface area contributed by atoms with Gasteiger partial charge >= 0.3 is 0 Å². The highest BCUT2D eigenvalue weighted by atomic mass is 32.1. The molecule has 0 spiro atoms. The third-order valence-corrected chi connectivity index (χ3v) is 2.52. The molecule has 0 aliphatic carbocycles. The van der Waals surface area contributed by atoms with Gasteiger partial charge in [0, 0.05) is 11.6 Å². The summed E-state index contributed by atoms with van der Waals surface area (Å²) < 4.78 is 4.84. The maximum atomic E-state index is 11.9. The van der Waals surface area contributed by atoms with E-state index >= 15 is 0 Å². The van der Waals surface area contributed by atoms with E-state index in [1.807, 2.05) is 0 Å². The number of thiocarbonyl (C=S) groups is 1. The lowest BCUT2D eigenvalue weighted by molar-refractivity contribution is 0.101. The molecule has 0 saturated heterocycles. The molecule has 18 heavy (non-hydrogen) atoms. The standard InChI is InChI=1S/C12H11N3O2S/c1-7-6-10(15-17-7)12(16)14-9-5-3-2-4-8(9)11(13)18/h2-6H,1H3,(H2,13,18)(H,14,16). The minimum absolute atomic E-state index is 0.213. The van der Waals surface area contributed by atoms with Gasteiger partial charge in [0.1, 0.15) is 10.7 Å². The molecule has 0 bridgehead atoms. The summed E-state index contributed by atoms with van der Waals surface area (Å²) >= 11 is 4.92. The summed E-state index contributed by atoms with van der Waals surface area (Å²) in [5.74, 6) is 0.207. The Bertz CT molecular complexity index is 607. The Hall–Kier alpha value is -2.21. The summed E-state index contributed by atoms with van der Waals surface area (Å²) in [7, 11) is 0. The topological polar surface area (TPSA) is 81.2 Å². The fourth-order valence-electron chi connectivity index (χ4n) is 1.47. The van der Waals surface area contributed by atoms with Crippen LogP contribution in [-0.4, -0.2) is 16.1 Å². The van der Waals surface area contributed by atoms with Gasteiger partial charge < -0.3 is 15.6 Å². The smallest absolute Gasteiger partial charge is 0.277 e. The molecular weight excluding hydrogens is 250 g/mol. The molecule has 0 atom stereocenters. The molecule has 5 nitrogen and oxygen atoms in total. The van der Waals surface area contributed by atoms with Crippen LogP contribution in [0.4, 0.5) is 5.69 Å². The molecule has 0 aliphatic rings. The Morgan fingerprint density at radius 1 is 1.44 bits per heavy atom. The van der Waals surface area contributed by atoms with E-state index < -0.39 is 0 Å². The van der Waals surface area contributed by atoms with Crippen molar-refractivity contribution in [1.82, 2.24) is 5.16 Å². The lowest BCUT2D eigenvalue weighted by Gasteiger charge is -2.08. The number of amides is 1. The van der Waals surface area contributed by atoms with Crippen LogP contribution in [0.25, 0.3) is 0 Å². The van der Waals surface area contributed by atoms with Crippen LogP contribution in [0.2, 0.25) is 0 Å². The second-order valence-corrected chi connectivity index (χ2v) is 4.13. The number of para-hydroxylation sites is 1. The second kappa shape index (κ2) is 4.97. The molecule has 2 rings (SSSR count). The van der Waals surface area contributed by atoms with Crippen LogP contribution in [0.5, 0.6) is 0 Å². The number of nitrogens with one attached hydrogen (secondary N) is 1. The molecule has 0 radical (unpaired) electrons. The molecule has 0 saturated carbocycles. The average molecular weight is 261 g/mol. The molecule has 2 aromatic rings. The molecule has 92 valence electrons. The van der Waals surface area contributed by atoms with Crippen molar-refractivity contribution in [2.45, 2.75) is 6.92 Å². The Morgan fingerprint density at radius 3 is 2.78 bits per heavy atom. The molecule has 1 aromatic heterocycles. The van der Waals surface area contributed by atoms with Crippen LogP contribution >= 0.6 is 12.2 Å². The highest BCUT2D eigenvalue weighted by molar-refractivity contribution is 7.80. The van der Waals surface area contributed by atoms with Crippen molar-refractivity contribution in [3.8, 4) is 0 Å². The van der Waals surface area contributed by atoms with Crippen molar-refractivity contribution in [3.05, 3.63) is 47.3 Å². The minimum atomic E-state index is -0.365. The van der Waals surface area contributed by atoms with Crippen molar-refractivity contribution in [2.75, 3.05) is 5.32 Å². The first-order valence-electron chi connectivity index (χ1n) is 5.21. The number of benzene rings is 1. The highest BCUT2D eigenvalue weighted by Gasteiger charge is 2.13. The lowest BCUT2D eigenvalue weighted by atomic mass is 10.1. The van der Waals surface area contributed by atoms with Gasteiger partial charge in [-0.2, -0.15) is 0 Å². The number of aryl methyl sites for hydroxylation is 1. The summed E-state index contributed by atoms with van der Waals surface area (Å²) in [6, 6.07) is 8.60. The van der Waals surface area contributed by atoms with E-state index in [-0.39, 0.29) is 16.6 Å². The number of anilines is 1. The monoisotopic (exact) mass is 261 g/mol. The van der Waals surface area contributed by atoms with E-state index in [9.17, 15) is 4.79 Å². The maximum Gasteiger partial charge on any atom is 0.277 e. The zero-order chi connectivity index (χ0) is 13.1. The van der Waals surface area contributed by atoms with Crippen LogP contribution in [0.15, 0.2) is 34.9 Å². The number of hydrogen-bond donors (Lipinski definition) is 2. The van der Waals surface area contributed by atoms with Gasteiger partial charge in [0.15, 0.2) is 5.69 Å².